The number of furan rings is 1. The van der Waals surface area contributed by atoms with Crippen LogP contribution in [0.25, 0.3) is 10.9 Å². The van der Waals surface area contributed by atoms with E-state index in [2.05, 4.69) is 5.32 Å². The molecule has 0 atom stereocenters. The van der Waals surface area contributed by atoms with Crippen LogP contribution in [0.2, 0.25) is 5.02 Å². The van der Waals surface area contributed by atoms with E-state index in [0.717, 1.165) is 5.56 Å². The van der Waals surface area contributed by atoms with Crippen molar-refractivity contribution in [1.29, 1.82) is 0 Å². The summed E-state index contributed by atoms with van der Waals surface area (Å²) in [5.41, 5.74) is 0.711. The first-order chi connectivity index (χ1) is 15.5. The van der Waals surface area contributed by atoms with Gasteiger partial charge in [0.25, 0.3) is 5.56 Å². The highest BCUT2D eigenvalue weighted by molar-refractivity contribution is 6.30. The first-order valence-electron chi connectivity index (χ1n) is 10.3. The monoisotopic (exact) mass is 451 g/mol. The average molecular weight is 452 g/mol. The minimum atomic E-state index is -0.403. The van der Waals surface area contributed by atoms with Crippen molar-refractivity contribution in [3.63, 3.8) is 0 Å². The molecule has 0 unspecified atom stereocenters. The second-order valence-corrected chi connectivity index (χ2v) is 7.87. The Labute approximate surface area is 188 Å². The molecule has 32 heavy (non-hydrogen) atoms. The summed E-state index contributed by atoms with van der Waals surface area (Å²) in [6, 6.07) is 17.8. The Kier molecular flexibility index (Phi) is 6.56. The molecule has 4 rings (SSSR count). The number of hydrogen-bond donors (Lipinski definition) is 1. The fourth-order valence-corrected chi connectivity index (χ4v) is 3.70. The third-order valence-corrected chi connectivity index (χ3v) is 5.46. The highest BCUT2D eigenvalue weighted by Crippen LogP contribution is 2.13. The number of carbonyl (C=O) groups is 1. The maximum atomic E-state index is 13.2. The van der Waals surface area contributed by atoms with E-state index in [1.165, 1.54) is 4.57 Å². The summed E-state index contributed by atoms with van der Waals surface area (Å²) in [5, 5.41) is 3.84. The van der Waals surface area contributed by atoms with Crippen molar-refractivity contribution < 1.29 is 9.21 Å². The van der Waals surface area contributed by atoms with Gasteiger partial charge in [0.15, 0.2) is 0 Å². The van der Waals surface area contributed by atoms with Gasteiger partial charge < -0.3 is 9.73 Å². The SMILES string of the molecule is O=C(CCCn1c(=O)c2ccccc2n(Cc2ccc(Cl)cc2)c1=O)NCc1ccco1. The molecule has 8 heteroatoms. The molecule has 1 amide bonds. The molecule has 7 nitrogen and oxygen atoms in total. The summed E-state index contributed by atoms with van der Waals surface area (Å²) >= 11 is 5.97. The Morgan fingerprint density at radius 2 is 1.75 bits per heavy atom. The summed E-state index contributed by atoms with van der Waals surface area (Å²) in [6.07, 6.45) is 2.09. The summed E-state index contributed by atoms with van der Waals surface area (Å²) in [7, 11) is 0. The number of carbonyl (C=O) groups excluding carboxylic acids is 1. The third kappa shape index (κ3) is 4.84. The van der Waals surface area contributed by atoms with Crippen LogP contribution in [0.15, 0.2) is 80.9 Å². The van der Waals surface area contributed by atoms with Gasteiger partial charge in [-0.2, -0.15) is 0 Å². The highest BCUT2D eigenvalue weighted by Gasteiger charge is 2.14. The molecular weight excluding hydrogens is 430 g/mol. The van der Waals surface area contributed by atoms with Crippen molar-refractivity contribution in [2.45, 2.75) is 32.5 Å². The molecule has 1 N–H and O–H groups in total. The van der Waals surface area contributed by atoms with Crippen molar-refractivity contribution in [3.8, 4) is 0 Å². The Hall–Kier alpha value is -3.58. The first kappa shape index (κ1) is 21.6. The van der Waals surface area contributed by atoms with Gasteiger partial charge in [0, 0.05) is 18.0 Å². The Bertz CT molecular complexity index is 1340. The molecule has 2 aromatic carbocycles. The predicted molar refractivity (Wildman–Crippen MR) is 123 cm³/mol. The number of hydrogen-bond acceptors (Lipinski definition) is 4. The molecule has 0 saturated carbocycles. The fraction of sp³-hybridized carbons (Fsp3) is 0.208. The molecule has 0 spiro atoms. The van der Waals surface area contributed by atoms with E-state index in [0.29, 0.717) is 41.2 Å². The quantitative estimate of drug-likeness (QED) is 0.444. The van der Waals surface area contributed by atoms with Crippen molar-refractivity contribution in [3.05, 3.63) is 104 Å². The van der Waals surface area contributed by atoms with Crippen molar-refractivity contribution in [2.75, 3.05) is 0 Å². The zero-order valence-corrected chi connectivity index (χ0v) is 18.0. The number of fused-ring (bicyclic) bond motifs is 1. The number of aromatic nitrogens is 2. The lowest BCUT2D eigenvalue weighted by molar-refractivity contribution is -0.121. The molecule has 0 aliphatic carbocycles. The molecule has 0 aliphatic rings. The molecule has 0 bridgehead atoms. The number of benzene rings is 2. The lowest BCUT2D eigenvalue weighted by Gasteiger charge is -2.14. The summed E-state index contributed by atoms with van der Waals surface area (Å²) in [6.45, 7) is 0.757. The molecular formula is C24H22ClN3O4. The molecule has 0 fully saturated rings. The smallest absolute Gasteiger partial charge is 0.331 e. The number of amides is 1. The molecule has 4 aromatic rings. The van der Waals surface area contributed by atoms with Crippen molar-refractivity contribution in [1.82, 2.24) is 14.5 Å². The predicted octanol–water partition coefficient (Wildman–Crippen LogP) is 3.55. The van der Waals surface area contributed by atoms with Gasteiger partial charge in [-0.3, -0.25) is 18.7 Å². The Morgan fingerprint density at radius 1 is 0.969 bits per heavy atom. The maximum absolute atomic E-state index is 13.2. The molecule has 2 aromatic heterocycles. The third-order valence-electron chi connectivity index (χ3n) is 5.21. The fourth-order valence-electron chi connectivity index (χ4n) is 3.58. The lowest BCUT2D eigenvalue weighted by atomic mass is 10.2. The number of nitrogens with zero attached hydrogens (tertiary/aromatic N) is 2. The van der Waals surface area contributed by atoms with Gasteiger partial charge in [0.1, 0.15) is 5.76 Å². The summed E-state index contributed by atoms with van der Waals surface area (Å²) in [4.78, 5) is 38.3. The second kappa shape index (κ2) is 9.70. The number of halogens is 1. The minimum Gasteiger partial charge on any atom is -0.467 e. The van der Waals surface area contributed by atoms with Crippen LogP contribution in [0, 0.1) is 0 Å². The van der Waals surface area contributed by atoms with E-state index in [9.17, 15) is 14.4 Å². The largest absolute Gasteiger partial charge is 0.467 e. The second-order valence-electron chi connectivity index (χ2n) is 7.43. The van der Waals surface area contributed by atoms with Gasteiger partial charge in [-0.15, -0.1) is 0 Å². The van der Waals surface area contributed by atoms with Crippen molar-refractivity contribution in [2.24, 2.45) is 0 Å². The van der Waals surface area contributed by atoms with Crippen molar-refractivity contribution >= 4 is 28.4 Å². The van der Waals surface area contributed by atoms with E-state index < -0.39 is 5.69 Å². The van der Waals surface area contributed by atoms with Crippen LogP contribution in [0.4, 0.5) is 0 Å². The molecule has 0 saturated heterocycles. The van der Waals surface area contributed by atoms with Crippen LogP contribution in [-0.2, 0) is 24.4 Å². The van der Waals surface area contributed by atoms with Crippen LogP contribution in [0.3, 0.4) is 0 Å². The number of nitrogens with one attached hydrogen (secondary N) is 1. The van der Waals surface area contributed by atoms with E-state index >= 15 is 0 Å². The first-order valence-corrected chi connectivity index (χ1v) is 10.7. The maximum Gasteiger partial charge on any atom is 0.331 e. The normalized spacial score (nSPS) is 11.0. The Balaban J connectivity index is 1.54. The van der Waals surface area contributed by atoms with E-state index in [-0.39, 0.29) is 24.4 Å². The van der Waals surface area contributed by atoms with Gasteiger partial charge in [-0.05, 0) is 48.4 Å². The molecule has 0 aliphatic heterocycles. The summed E-state index contributed by atoms with van der Waals surface area (Å²) < 4.78 is 7.97. The lowest BCUT2D eigenvalue weighted by Crippen LogP contribution is -2.40. The zero-order valence-electron chi connectivity index (χ0n) is 17.3. The number of rotatable bonds is 8. The van der Waals surface area contributed by atoms with Crippen LogP contribution in [-0.4, -0.2) is 15.0 Å². The summed E-state index contributed by atoms with van der Waals surface area (Å²) in [5.74, 6) is 0.492. The van der Waals surface area contributed by atoms with Crippen LogP contribution in [0.1, 0.15) is 24.2 Å². The van der Waals surface area contributed by atoms with Crippen LogP contribution in [0.5, 0.6) is 0 Å². The van der Waals surface area contributed by atoms with E-state index in [1.54, 1.807) is 59.4 Å². The number of para-hydroxylation sites is 1. The van der Waals surface area contributed by atoms with E-state index in [4.69, 9.17) is 16.0 Å². The standard InChI is InChI=1S/C24H22ClN3O4/c25-18-11-9-17(10-12-18)16-28-21-7-2-1-6-20(21)23(30)27(24(28)31)13-3-8-22(29)26-15-19-5-4-14-32-19/h1-2,4-7,9-12,14H,3,8,13,15-16H2,(H,26,29). The van der Waals surface area contributed by atoms with Gasteiger partial charge in [-0.25, -0.2) is 4.79 Å². The topological polar surface area (TPSA) is 86.2 Å². The molecule has 2 heterocycles. The van der Waals surface area contributed by atoms with Crippen LogP contribution >= 0.6 is 11.6 Å². The Morgan fingerprint density at radius 3 is 2.50 bits per heavy atom. The van der Waals surface area contributed by atoms with Gasteiger partial charge in [0.05, 0.1) is 30.3 Å². The van der Waals surface area contributed by atoms with Gasteiger partial charge in [0.2, 0.25) is 5.91 Å². The molecule has 0 radical (unpaired) electrons. The highest BCUT2D eigenvalue weighted by atomic mass is 35.5. The van der Waals surface area contributed by atoms with Gasteiger partial charge >= 0.3 is 5.69 Å². The van der Waals surface area contributed by atoms with E-state index in [1.807, 2.05) is 12.1 Å². The zero-order chi connectivity index (χ0) is 22.5. The minimum absolute atomic E-state index is 0.150. The molecule has 164 valence electrons. The van der Waals surface area contributed by atoms with Gasteiger partial charge in [-0.1, -0.05) is 35.9 Å². The average Bonchev–Trinajstić information content (AvgIpc) is 3.32. The van der Waals surface area contributed by atoms with Crippen LogP contribution < -0.4 is 16.6 Å².